The van der Waals surface area contributed by atoms with Gasteiger partial charge < -0.3 is 14.4 Å². The Kier molecular flexibility index (Phi) is 7.69. The Morgan fingerprint density at radius 2 is 1.97 bits per heavy atom. The summed E-state index contributed by atoms with van der Waals surface area (Å²) in [5.41, 5.74) is -0.724. The Morgan fingerprint density at radius 3 is 2.62 bits per heavy atom. The molecule has 7 nitrogen and oxygen atoms in total. The third-order valence-electron chi connectivity index (χ3n) is 6.14. The van der Waals surface area contributed by atoms with Crippen molar-refractivity contribution < 1.29 is 23.9 Å². The molecule has 3 rings (SSSR count). The zero-order valence-electron chi connectivity index (χ0n) is 19.0. The van der Waals surface area contributed by atoms with Gasteiger partial charge in [-0.3, -0.25) is 19.3 Å². The predicted octanol–water partition coefficient (Wildman–Crippen LogP) is 3.40. The lowest BCUT2D eigenvalue weighted by Gasteiger charge is -2.32. The average Bonchev–Trinajstić information content (AvgIpc) is 3.41. The van der Waals surface area contributed by atoms with Crippen LogP contribution in [0.2, 0.25) is 0 Å². The largest absolute Gasteiger partial charge is 0.496 e. The Morgan fingerprint density at radius 1 is 1.22 bits per heavy atom. The number of benzene rings is 1. The summed E-state index contributed by atoms with van der Waals surface area (Å²) >= 11 is 1.58. The quantitative estimate of drug-likeness (QED) is 0.403. The number of carbonyl (C=O) groups is 3. The Hall–Kier alpha value is -2.71. The van der Waals surface area contributed by atoms with Crippen molar-refractivity contribution in [3.63, 3.8) is 0 Å². The monoisotopic (exact) mass is 458 g/mol. The van der Waals surface area contributed by atoms with Crippen molar-refractivity contribution in [2.24, 2.45) is 0 Å². The third-order valence-corrected chi connectivity index (χ3v) is 7.19. The standard InChI is InChI=1S/C24H30N2O5S/c1-17(20-11-7-14-32-20)25(2)21(27)15-24(18-9-5-6-10-19(18)31-4)16-22(28)26(23(24)29)12-8-13-30-3/h5-7,9-11,14,17H,8,12-13,15-16H2,1-4H3/t17-,24+/m0/s1. The summed E-state index contributed by atoms with van der Waals surface area (Å²) in [6, 6.07) is 10.9. The maximum atomic E-state index is 13.7. The fourth-order valence-electron chi connectivity index (χ4n) is 4.20. The summed E-state index contributed by atoms with van der Waals surface area (Å²) in [7, 11) is 4.84. The number of thiophene rings is 1. The van der Waals surface area contributed by atoms with E-state index in [-0.39, 0.29) is 43.1 Å². The van der Waals surface area contributed by atoms with Crippen molar-refractivity contribution >= 4 is 29.1 Å². The molecule has 0 saturated carbocycles. The number of imide groups is 1. The first kappa shape index (κ1) is 23.9. The highest BCUT2D eigenvalue weighted by Gasteiger charge is 2.55. The van der Waals surface area contributed by atoms with Crippen molar-refractivity contribution in [3.05, 3.63) is 52.2 Å². The van der Waals surface area contributed by atoms with Gasteiger partial charge in [-0.2, -0.15) is 0 Å². The first-order valence-electron chi connectivity index (χ1n) is 10.6. The van der Waals surface area contributed by atoms with Crippen molar-refractivity contribution in [3.8, 4) is 5.75 Å². The molecule has 32 heavy (non-hydrogen) atoms. The number of carbonyl (C=O) groups excluding carboxylic acids is 3. The highest BCUT2D eigenvalue weighted by Crippen LogP contribution is 2.44. The summed E-state index contributed by atoms with van der Waals surface area (Å²) < 4.78 is 10.6. The van der Waals surface area contributed by atoms with E-state index in [0.717, 1.165) is 4.88 Å². The number of nitrogens with zero attached hydrogens (tertiary/aromatic N) is 2. The average molecular weight is 459 g/mol. The van der Waals surface area contributed by atoms with Gasteiger partial charge in [-0.15, -0.1) is 11.3 Å². The van der Waals surface area contributed by atoms with Crippen molar-refractivity contribution in [1.29, 1.82) is 0 Å². The molecule has 1 saturated heterocycles. The van der Waals surface area contributed by atoms with Crippen LogP contribution in [0, 0.1) is 0 Å². The van der Waals surface area contributed by atoms with Crippen LogP contribution >= 0.6 is 11.3 Å². The SMILES string of the molecule is COCCCN1C(=O)C[C@](CC(=O)N(C)[C@@H](C)c2cccs2)(c2ccccc2OC)C1=O. The van der Waals surface area contributed by atoms with E-state index in [4.69, 9.17) is 9.47 Å². The summed E-state index contributed by atoms with van der Waals surface area (Å²) in [6.45, 7) is 2.66. The second kappa shape index (κ2) is 10.3. The Bertz CT molecular complexity index is 961. The van der Waals surface area contributed by atoms with Crippen LogP contribution in [0.25, 0.3) is 0 Å². The first-order valence-corrected chi connectivity index (χ1v) is 11.5. The van der Waals surface area contributed by atoms with Gasteiger partial charge in [0, 0.05) is 50.6 Å². The minimum absolute atomic E-state index is 0.0633. The molecule has 0 aliphatic carbocycles. The van der Waals surface area contributed by atoms with E-state index in [1.807, 2.05) is 24.4 Å². The fraction of sp³-hybridized carbons (Fsp3) is 0.458. The van der Waals surface area contributed by atoms with E-state index in [2.05, 4.69) is 0 Å². The molecule has 1 aromatic heterocycles. The number of likely N-dealkylation sites (tertiary alicyclic amines) is 1. The first-order chi connectivity index (χ1) is 15.4. The predicted molar refractivity (Wildman–Crippen MR) is 123 cm³/mol. The van der Waals surface area contributed by atoms with Crippen LogP contribution in [-0.2, 0) is 24.5 Å². The lowest BCUT2D eigenvalue weighted by Crippen LogP contribution is -2.43. The van der Waals surface area contributed by atoms with E-state index in [9.17, 15) is 14.4 Å². The molecule has 0 bridgehead atoms. The molecule has 172 valence electrons. The summed E-state index contributed by atoms with van der Waals surface area (Å²) in [6.07, 6.45) is 0.371. The molecule has 2 heterocycles. The topological polar surface area (TPSA) is 76.2 Å². The molecule has 0 radical (unpaired) electrons. The number of rotatable bonds is 10. The van der Waals surface area contributed by atoms with Crippen LogP contribution in [0.15, 0.2) is 41.8 Å². The van der Waals surface area contributed by atoms with Gasteiger partial charge in [0.25, 0.3) is 0 Å². The third kappa shape index (κ3) is 4.56. The van der Waals surface area contributed by atoms with Gasteiger partial charge in [-0.05, 0) is 30.9 Å². The molecule has 1 aromatic carbocycles. The van der Waals surface area contributed by atoms with Crippen LogP contribution in [0.3, 0.4) is 0 Å². The molecule has 2 atom stereocenters. The number of hydrogen-bond donors (Lipinski definition) is 0. The van der Waals surface area contributed by atoms with Crippen LogP contribution in [-0.4, -0.2) is 61.9 Å². The van der Waals surface area contributed by atoms with Crippen molar-refractivity contribution in [2.75, 3.05) is 34.4 Å². The maximum absolute atomic E-state index is 13.7. The zero-order valence-corrected chi connectivity index (χ0v) is 19.8. The molecule has 3 amide bonds. The molecule has 1 aliphatic heterocycles. The summed E-state index contributed by atoms with van der Waals surface area (Å²) in [4.78, 5) is 44.0. The molecule has 0 spiro atoms. The summed E-state index contributed by atoms with van der Waals surface area (Å²) in [5, 5.41) is 1.97. The number of hydrogen-bond acceptors (Lipinski definition) is 6. The number of methoxy groups -OCH3 is 2. The molecule has 8 heteroatoms. The van der Waals surface area contributed by atoms with Crippen LogP contribution in [0.5, 0.6) is 5.75 Å². The van der Waals surface area contributed by atoms with E-state index in [1.54, 1.807) is 54.7 Å². The van der Waals surface area contributed by atoms with Crippen LogP contribution in [0.1, 0.15) is 42.7 Å². The van der Waals surface area contributed by atoms with Crippen LogP contribution < -0.4 is 4.74 Å². The van der Waals surface area contributed by atoms with Crippen LogP contribution in [0.4, 0.5) is 0 Å². The minimum Gasteiger partial charge on any atom is -0.496 e. The van der Waals surface area contributed by atoms with E-state index in [1.165, 1.54) is 12.0 Å². The Balaban J connectivity index is 1.96. The molecule has 1 aliphatic rings. The lowest BCUT2D eigenvalue weighted by molar-refractivity contribution is -0.143. The molecule has 2 aromatic rings. The summed E-state index contributed by atoms with van der Waals surface area (Å²) in [5.74, 6) is -0.335. The van der Waals surface area contributed by atoms with E-state index < -0.39 is 5.41 Å². The smallest absolute Gasteiger partial charge is 0.241 e. The highest BCUT2D eigenvalue weighted by atomic mass is 32.1. The molecule has 0 unspecified atom stereocenters. The van der Waals surface area contributed by atoms with Gasteiger partial charge in [0.05, 0.1) is 18.6 Å². The highest BCUT2D eigenvalue weighted by molar-refractivity contribution is 7.10. The lowest BCUT2D eigenvalue weighted by atomic mass is 9.75. The van der Waals surface area contributed by atoms with Gasteiger partial charge in [-0.1, -0.05) is 24.3 Å². The van der Waals surface area contributed by atoms with E-state index in [0.29, 0.717) is 24.3 Å². The van der Waals surface area contributed by atoms with Crippen molar-refractivity contribution in [1.82, 2.24) is 9.80 Å². The van der Waals surface area contributed by atoms with Gasteiger partial charge in [0.1, 0.15) is 5.75 Å². The molecular weight excluding hydrogens is 428 g/mol. The molecular formula is C24H30N2O5S. The number of para-hydroxylation sites is 1. The zero-order chi connectivity index (χ0) is 23.3. The maximum Gasteiger partial charge on any atom is 0.241 e. The fourth-order valence-corrected chi connectivity index (χ4v) is 5.02. The van der Waals surface area contributed by atoms with Gasteiger partial charge >= 0.3 is 0 Å². The second-order valence-electron chi connectivity index (χ2n) is 8.03. The minimum atomic E-state index is -1.29. The second-order valence-corrected chi connectivity index (χ2v) is 9.01. The molecule has 1 fully saturated rings. The Labute approximate surface area is 192 Å². The van der Waals surface area contributed by atoms with E-state index >= 15 is 0 Å². The van der Waals surface area contributed by atoms with Crippen molar-refractivity contribution in [2.45, 2.75) is 37.6 Å². The normalized spacial score (nSPS) is 19.3. The van der Waals surface area contributed by atoms with Gasteiger partial charge in [-0.25, -0.2) is 0 Å². The van der Waals surface area contributed by atoms with Gasteiger partial charge in [0.15, 0.2) is 0 Å². The number of ether oxygens (including phenoxy) is 2. The number of amides is 3. The van der Waals surface area contributed by atoms with Gasteiger partial charge in [0.2, 0.25) is 17.7 Å². The molecule has 0 N–H and O–H groups in total.